The highest BCUT2D eigenvalue weighted by atomic mass is 35.5. The Hall–Kier alpha value is -2.17. The van der Waals surface area contributed by atoms with Crippen LogP contribution in [0.4, 0.5) is 0 Å². The van der Waals surface area contributed by atoms with Crippen LogP contribution in [-0.4, -0.2) is 27.1 Å². The van der Waals surface area contributed by atoms with E-state index in [-0.39, 0.29) is 5.78 Å². The van der Waals surface area contributed by atoms with Crippen molar-refractivity contribution in [2.45, 2.75) is 0 Å². The summed E-state index contributed by atoms with van der Waals surface area (Å²) in [5, 5.41) is 0.735. The van der Waals surface area contributed by atoms with Gasteiger partial charge in [-0.2, -0.15) is 0 Å². The number of ketones is 1. The van der Waals surface area contributed by atoms with E-state index < -0.39 is 0 Å². The van der Waals surface area contributed by atoms with Gasteiger partial charge in [-0.1, -0.05) is 23.2 Å². The maximum Gasteiger partial charge on any atom is 0.203 e. The van der Waals surface area contributed by atoms with Gasteiger partial charge >= 0.3 is 0 Å². The summed E-state index contributed by atoms with van der Waals surface area (Å²) in [7, 11) is 4.59. The lowest BCUT2D eigenvalue weighted by atomic mass is 10.1. The summed E-state index contributed by atoms with van der Waals surface area (Å²) >= 11 is 11.8. The molecule has 126 valence electrons. The molecular formula is C18H16Cl2O4. The molecule has 0 spiro atoms. The Balaban J connectivity index is 2.34. The van der Waals surface area contributed by atoms with E-state index in [2.05, 4.69) is 0 Å². The number of hydrogen-bond donors (Lipinski definition) is 0. The molecule has 2 aromatic carbocycles. The van der Waals surface area contributed by atoms with Crippen LogP contribution < -0.4 is 14.2 Å². The minimum atomic E-state index is -0.203. The van der Waals surface area contributed by atoms with Gasteiger partial charge in [-0.3, -0.25) is 4.79 Å². The molecule has 2 aromatic rings. The van der Waals surface area contributed by atoms with E-state index in [1.54, 1.807) is 37.5 Å². The van der Waals surface area contributed by atoms with E-state index in [9.17, 15) is 4.79 Å². The minimum Gasteiger partial charge on any atom is -0.493 e. The molecule has 0 aromatic heterocycles. The first-order valence-corrected chi connectivity index (χ1v) is 7.73. The van der Waals surface area contributed by atoms with Crippen LogP contribution in [0.3, 0.4) is 0 Å². The number of benzene rings is 2. The number of methoxy groups -OCH3 is 3. The first-order valence-electron chi connectivity index (χ1n) is 6.98. The fraction of sp³-hybridized carbons (Fsp3) is 0.167. The number of rotatable bonds is 6. The topological polar surface area (TPSA) is 44.8 Å². The predicted molar refractivity (Wildman–Crippen MR) is 95.9 cm³/mol. The Morgan fingerprint density at radius 1 is 0.917 bits per heavy atom. The average molecular weight is 367 g/mol. The molecule has 24 heavy (non-hydrogen) atoms. The van der Waals surface area contributed by atoms with E-state index in [4.69, 9.17) is 37.4 Å². The fourth-order valence-corrected chi connectivity index (χ4v) is 2.46. The summed E-state index contributed by atoms with van der Waals surface area (Å²) in [5.74, 6) is 1.28. The highest BCUT2D eigenvalue weighted by molar-refractivity contribution is 6.42. The van der Waals surface area contributed by atoms with Crippen molar-refractivity contribution < 1.29 is 19.0 Å². The summed E-state index contributed by atoms with van der Waals surface area (Å²) in [6, 6.07) is 8.25. The summed E-state index contributed by atoms with van der Waals surface area (Å²) in [6.07, 6.45) is 3.08. The second kappa shape index (κ2) is 8.08. The van der Waals surface area contributed by atoms with Gasteiger partial charge in [-0.15, -0.1) is 0 Å². The largest absolute Gasteiger partial charge is 0.493 e. The molecule has 0 aliphatic heterocycles. The summed E-state index contributed by atoms with van der Waals surface area (Å²) in [5.41, 5.74) is 1.13. The molecular weight excluding hydrogens is 351 g/mol. The monoisotopic (exact) mass is 366 g/mol. The van der Waals surface area contributed by atoms with Gasteiger partial charge in [0.1, 0.15) is 0 Å². The summed E-state index contributed by atoms with van der Waals surface area (Å²) < 4.78 is 15.9. The standard InChI is InChI=1S/C18H16Cl2O4/c1-22-16-9-6-11(17(23-2)18(16)24-3)5-8-15(21)12-4-7-13(19)14(20)10-12/h4-10H,1-3H3/b8-5+. The van der Waals surface area contributed by atoms with Crippen LogP contribution in [-0.2, 0) is 0 Å². The van der Waals surface area contributed by atoms with Crippen molar-refractivity contribution in [2.75, 3.05) is 21.3 Å². The molecule has 0 aliphatic carbocycles. The van der Waals surface area contributed by atoms with Gasteiger partial charge < -0.3 is 14.2 Å². The van der Waals surface area contributed by atoms with Crippen LogP contribution in [0.15, 0.2) is 36.4 Å². The summed E-state index contributed by atoms with van der Waals surface area (Å²) in [4.78, 5) is 12.3. The van der Waals surface area contributed by atoms with Gasteiger partial charge in [0.2, 0.25) is 5.75 Å². The molecule has 0 radical (unpaired) electrons. The van der Waals surface area contributed by atoms with Crippen molar-refractivity contribution in [3.05, 3.63) is 57.6 Å². The second-order valence-corrected chi connectivity index (χ2v) is 5.56. The van der Waals surface area contributed by atoms with E-state index in [1.165, 1.54) is 26.4 Å². The quantitative estimate of drug-likeness (QED) is 0.537. The van der Waals surface area contributed by atoms with Crippen LogP contribution in [0.2, 0.25) is 10.0 Å². The van der Waals surface area contributed by atoms with Gasteiger partial charge in [0.05, 0.1) is 31.4 Å². The van der Waals surface area contributed by atoms with Crippen LogP contribution in [0.25, 0.3) is 6.08 Å². The molecule has 0 unspecified atom stereocenters. The molecule has 0 amide bonds. The van der Waals surface area contributed by atoms with Crippen molar-refractivity contribution in [2.24, 2.45) is 0 Å². The number of carbonyl (C=O) groups is 1. The Kier molecular flexibility index (Phi) is 6.12. The zero-order valence-electron chi connectivity index (χ0n) is 13.4. The highest BCUT2D eigenvalue weighted by Crippen LogP contribution is 2.40. The minimum absolute atomic E-state index is 0.203. The number of carbonyl (C=O) groups excluding carboxylic acids is 1. The number of halogens is 2. The molecule has 2 rings (SSSR count). The van der Waals surface area contributed by atoms with Gasteiger partial charge in [-0.25, -0.2) is 0 Å². The first-order chi connectivity index (χ1) is 11.5. The lowest BCUT2D eigenvalue weighted by Gasteiger charge is -2.13. The maximum absolute atomic E-state index is 12.3. The molecule has 0 atom stereocenters. The fourth-order valence-electron chi connectivity index (χ4n) is 2.17. The molecule has 0 aliphatic rings. The SMILES string of the molecule is COc1ccc(/C=C/C(=O)c2ccc(Cl)c(Cl)c2)c(OC)c1OC. The van der Waals surface area contributed by atoms with Gasteiger partial charge in [0.25, 0.3) is 0 Å². The Labute approximate surface area is 150 Å². The molecule has 0 fully saturated rings. The van der Waals surface area contributed by atoms with Crippen LogP contribution in [0.1, 0.15) is 15.9 Å². The molecule has 0 saturated carbocycles. The average Bonchev–Trinajstić information content (AvgIpc) is 2.60. The van der Waals surface area contributed by atoms with Gasteiger partial charge in [0, 0.05) is 11.1 Å². The molecule has 0 bridgehead atoms. The van der Waals surface area contributed by atoms with Gasteiger partial charge in [0.15, 0.2) is 17.3 Å². The maximum atomic E-state index is 12.3. The Morgan fingerprint density at radius 2 is 1.62 bits per heavy atom. The second-order valence-electron chi connectivity index (χ2n) is 4.75. The smallest absolute Gasteiger partial charge is 0.203 e. The summed E-state index contributed by atoms with van der Waals surface area (Å²) in [6.45, 7) is 0. The normalized spacial score (nSPS) is 10.7. The lowest BCUT2D eigenvalue weighted by molar-refractivity contribution is 0.104. The predicted octanol–water partition coefficient (Wildman–Crippen LogP) is 4.92. The zero-order valence-corrected chi connectivity index (χ0v) is 14.9. The third-order valence-corrected chi connectivity index (χ3v) is 4.09. The van der Waals surface area contributed by atoms with E-state index in [0.717, 1.165) is 0 Å². The van der Waals surface area contributed by atoms with Crippen LogP contribution >= 0.6 is 23.2 Å². The zero-order chi connectivity index (χ0) is 17.7. The van der Waals surface area contributed by atoms with E-state index in [0.29, 0.717) is 38.4 Å². The number of allylic oxidation sites excluding steroid dienone is 1. The van der Waals surface area contributed by atoms with Crippen molar-refractivity contribution in [1.82, 2.24) is 0 Å². The van der Waals surface area contributed by atoms with Crippen LogP contribution in [0.5, 0.6) is 17.2 Å². The van der Waals surface area contributed by atoms with E-state index in [1.807, 2.05) is 0 Å². The molecule has 0 saturated heterocycles. The number of hydrogen-bond acceptors (Lipinski definition) is 4. The van der Waals surface area contributed by atoms with Crippen molar-refractivity contribution in [3.63, 3.8) is 0 Å². The number of ether oxygens (including phenoxy) is 3. The van der Waals surface area contributed by atoms with Crippen molar-refractivity contribution >= 4 is 35.1 Å². The van der Waals surface area contributed by atoms with Crippen molar-refractivity contribution in [3.8, 4) is 17.2 Å². The third kappa shape index (κ3) is 3.83. The molecule has 0 heterocycles. The van der Waals surface area contributed by atoms with Crippen LogP contribution in [0, 0.1) is 0 Å². The highest BCUT2D eigenvalue weighted by Gasteiger charge is 2.14. The molecule has 4 nitrogen and oxygen atoms in total. The van der Waals surface area contributed by atoms with E-state index >= 15 is 0 Å². The molecule has 0 N–H and O–H groups in total. The lowest BCUT2D eigenvalue weighted by Crippen LogP contribution is -1.97. The van der Waals surface area contributed by atoms with Crippen molar-refractivity contribution in [1.29, 1.82) is 0 Å². The molecule has 6 heteroatoms. The Bertz CT molecular complexity index is 785. The van der Waals surface area contributed by atoms with Gasteiger partial charge in [-0.05, 0) is 42.5 Å². The first kappa shape index (κ1) is 18.2. The Morgan fingerprint density at radius 3 is 2.21 bits per heavy atom. The third-order valence-electron chi connectivity index (χ3n) is 3.35.